The summed E-state index contributed by atoms with van der Waals surface area (Å²) in [5, 5.41) is 0.541. The van der Waals surface area contributed by atoms with Gasteiger partial charge in [0.05, 0.1) is 12.5 Å². The van der Waals surface area contributed by atoms with Crippen molar-refractivity contribution in [2.24, 2.45) is 0 Å². The van der Waals surface area contributed by atoms with Crippen LogP contribution in [0.3, 0.4) is 0 Å². The van der Waals surface area contributed by atoms with Crippen molar-refractivity contribution >= 4 is 11.0 Å². The first-order chi connectivity index (χ1) is 6.31. The molecule has 1 heterocycles. The monoisotopic (exact) mass is 175 g/mol. The Balaban J connectivity index is 2.80. The molecule has 1 aromatic carbocycles. The molecule has 65 valence electrons. The standard InChI is InChI=1S/C10H7O3/c1-12-7-2-3-8-9(11)4-5-13-10(8)6-7/h2-4,6H,1H3. The van der Waals surface area contributed by atoms with Gasteiger partial charge in [0.2, 0.25) is 0 Å². The molecule has 0 aliphatic carbocycles. The fraction of sp³-hybridized carbons (Fsp3) is 0.100. The largest absolute Gasteiger partial charge is 0.497 e. The van der Waals surface area contributed by atoms with Crippen LogP contribution in [0.15, 0.2) is 33.5 Å². The average Bonchev–Trinajstić information content (AvgIpc) is 2.18. The highest BCUT2D eigenvalue weighted by Crippen LogP contribution is 2.17. The van der Waals surface area contributed by atoms with Crippen molar-refractivity contribution in [3.8, 4) is 5.75 Å². The van der Waals surface area contributed by atoms with Gasteiger partial charge in [-0.3, -0.25) is 4.79 Å². The van der Waals surface area contributed by atoms with E-state index in [1.807, 2.05) is 0 Å². The van der Waals surface area contributed by atoms with E-state index >= 15 is 0 Å². The summed E-state index contributed by atoms with van der Waals surface area (Å²) in [5.74, 6) is 0.662. The van der Waals surface area contributed by atoms with E-state index in [-0.39, 0.29) is 5.43 Å². The molecule has 1 radical (unpaired) electrons. The number of hydrogen-bond donors (Lipinski definition) is 0. The number of fused-ring (bicyclic) bond motifs is 1. The molecule has 0 aliphatic heterocycles. The molecule has 1 aromatic heterocycles. The number of benzene rings is 1. The Morgan fingerprint density at radius 3 is 3.08 bits per heavy atom. The fourth-order valence-electron chi connectivity index (χ4n) is 1.14. The Kier molecular flexibility index (Phi) is 1.77. The first-order valence-electron chi connectivity index (χ1n) is 3.79. The molecule has 0 spiro atoms. The van der Waals surface area contributed by atoms with E-state index in [9.17, 15) is 4.79 Å². The summed E-state index contributed by atoms with van der Waals surface area (Å²) < 4.78 is 10.0. The maximum absolute atomic E-state index is 11.2. The molecule has 0 saturated heterocycles. The molecule has 3 heteroatoms. The fourth-order valence-corrected chi connectivity index (χ4v) is 1.14. The number of hydrogen-bond acceptors (Lipinski definition) is 3. The molecule has 13 heavy (non-hydrogen) atoms. The van der Waals surface area contributed by atoms with Crippen LogP contribution in [0.5, 0.6) is 5.75 Å². The Morgan fingerprint density at radius 1 is 1.46 bits per heavy atom. The predicted octanol–water partition coefficient (Wildman–Crippen LogP) is 1.60. The zero-order valence-electron chi connectivity index (χ0n) is 7.03. The van der Waals surface area contributed by atoms with Gasteiger partial charge in [-0.25, -0.2) is 0 Å². The third-order valence-corrected chi connectivity index (χ3v) is 1.81. The van der Waals surface area contributed by atoms with Gasteiger partial charge in [0.1, 0.15) is 11.3 Å². The minimum Gasteiger partial charge on any atom is -0.497 e. The summed E-state index contributed by atoms with van der Waals surface area (Å²) >= 11 is 0. The molecule has 0 aliphatic rings. The second-order valence-corrected chi connectivity index (χ2v) is 2.59. The van der Waals surface area contributed by atoms with Crippen LogP contribution in [-0.4, -0.2) is 7.11 Å². The zero-order chi connectivity index (χ0) is 9.26. The highest BCUT2D eigenvalue weighted by atomic mass is 16.5. The number of methoxy groups -OCH3 is 1. The van der Waals surface area contributed by atoms with E-state index in [2.05, 4.69) is 6.26 Å². The summed E-state index contributed by atoms with van der Waals surface area (Å²) in [6, 6.07) is 6.33. The van der Waals surface area contributed by atoms with Crippen molar-refractivity contribution in [2.45, 2.75) is 0 Å². The normalized spacial score (nSPS) is 10.2. The van der Waals surface area contributed by atoms with Crippen LogP contribution in [0.25, 0.3) is 11.0 Å². The summed E-state index contributed by atoms with van der Waals surface area (Å²) in [4.78, 5) is 11.2. The lowest BCUT2D eigenvalue weighted by Crippen LogP contribution is -1.97. The van der Waals surface area contributed by atoms with Crippen LogP contribution in [0.4, 0.5) is 0 Å². The van der Waals surface area contributed by atoms with Crippen LogP contribution < -0.4 is 10.2 Å². The van der Waals surface area contributed by atoms with Crippen molar-refractivity contribution in [1.29, 1.82) is 0 Å². The summed E-state index contributed by atoms with van der Waals surface area (Å²) in [6.45, 7) is 0. The van der Waals surface area contributed by atoms with Gasteiger partial charge in [-0.1, -0.05) is 0 Å². The molecule has 0 bridgehead atoms. The Morgan fingerprint density at radius 2 is 2.31 bits per heavy atom. The molecule has 3 nitrogen and oxygen atoms in total. The van der Waals surface area contributed by atoms with E-state index in [1.165, 1.54) is 6.07 Å². The van der Waals surface area contributed by atoms with E-state index in [0.717, 1.165) is 0 Å². The quantitative estimate of drug-likeness (QED) is 0.660. The summed E-state index contributed by atoms with van der Waals surface area (Å²) in [5.41, 5.74) is 0.399. The number of ether oxygens (including phenoxy) is 1. The molecule has 0 unspecified atom stereocenters. The molecule has 0 N–H and O–H groups in total. The molecule has 2 rings (SSSR count). The minimum atomic E-state index is -0.0936. The van der Waals surface area contributed by atoms with E-state index < -0.39 is 0 Å². The van der Waals surface area contributed by atoms with Crippen LogP contribution >= 0.6 is 0 Å². The van der Waals surface area contributed by atoms with Crippen LogP contribution in [0.2, 0.25) is 0 Å². The molecule has 2 aromatic rings. The zero-order valence-corrected chi connectivity index (χ0v) is 7.03. The first kappa shape index (κ1) is 7.86. The van der Waals surface area contributed by atoms with Gasteiger partial charge in [-0.15, -0.1) is 0 Å². The second kappa shape index (κ2) is 2.94. The van der Waals surface area contributed by atoms with Crippen LogP contribution in [0, 0.1) is 6.26 Å². The third kappa shape index (κ3) is 1.28. The maximum atomic E-state index is 11.2. The van der Waals surface area contributed by atoms with Gasteiger partial charge in [0, 0.05) is 12.1 Å². The van der Waals surface area contributed by atoms with E-state index in [4.69, 9.17) is 9.15 Å². The topological polar surface area (TPSA) is 39.4 Å². The Labute approximate surface area is 74.6 Å². The first-order valence-corrected chi connectivity index (χ1v) is 3.79. The van der Waals surface area contributed by atoms with Gasteiger partial charge in [0.25, 0.3) is 0 Å². The van der Waals surface area contributed by atoms with Gasteiger partial charge in [0.15, 0.2) is 11.7 Å². The van der Waals surface area contributed by atoms with Crippen molar-refractivity contribution in [3.05, 3.63) is 40.8 Å². The predicted molar refractivity (Wildman–Crippen MR) is 47.9 cm³/mol. The molecule has 0 amide bonds. The van der Waals surface area contributed by atoms with Crippen LogP contribution in [0.1, 0.15) is 0 Å². The third-order valence-electron chi connectivity index (χ3n) is 1.81. The lowest BCUT2D eigenvalue weighted by Gasteiger charge is -1.99. The van der Waals surface area contributed by atoms with E-state index in [0.29, 0.717) is 16.7 Å². The Hall–Kier alpha value is -1.77. The SMILES string of the molecule is COc1ccc2c(=O)c[c]oc2c1. The summed E-state index contributed by atoms with van der Waals surface area (Å²) in [7, 11) is 1.56. The molecule has 0 saturated carbocycles. The molecule has 0 fully saturated rings. The average molecular weight is 175 g/mol. The molecule has 0 atom stereocenters. The highest BCUT2D eigenvalue weighted by Gasteiger charge is 2.00. The van der Waals surface area contributed by atoms with Crippen molar-refractivity contribution < 1.29 is 9.15 Å². The van der Waals surface area contributed by atoms with Gasteiger partial charge in [-0.2, -0.15) is 0 Å². The van der Waals surface area contributed by atoms with Crippen molar-refractivity contribution in [2.75, 3.05) is 7.11 Å². The molecular formula is C10H7O3. The maximum Gasteiger partial charge on any atom is 0.193 e. The highest BCUT2D eigenvalue weighted by molar-refractivity contribution is 5.77. The lowest BCUT2D eigenvalue weighted by atomic mass is 10.2. The minimum absolute atomic E-state index is 0.0936. The number of rotatable bonds is 1. The lowest BCUT2D eigenvalue weighted by molar-refractivity contribution is 0.414. The Bertz CT molecular complexity index is 485. The van der Waals surface area contributed by atoms with Crippen molar-refractivity contribution in [3.63, 3.8) is 0 Å². The van der Waals surface area contributed by atoms with Gasteiger partial charge < -0.3 is 9.15 Å². The van der Waals surface area contributed by atoms with Gasteiger partial charge >= 0.3 is 0 Å². The van der Waals surface area contributed by atoms with Crippen molar-refractivity contribution in [1.82, 2.24) is 0 Å². The van der Waals surface area contributed by atoms with E-state index in [1.54, 1.807) is 25.3 Å². The smallest absolute Gasteiger partial charge is 0.193 e. The molecular weight excluding hydrogens is 168 g/mol. The second-order valence-electron chi connectivity index (χ2n) is 2.59. The van der Waals surface area contributed by atoms with Crippen LogP contribution in [-0.2, 0) is 0 Å². The summed E-state index contributed by atoms with van der Waals surface area (Å²) in [6.07, 6.45) is 2.41. The van der Waals surface area contributed by atoms with Gasteiger partial charge in [-0.05, 0) is 12.1 Å².